The summed E-state index contributed by atoms with van der Waals surface area (Å²) < 4.78 is 0.929. The highest BCUT2D eigenvalue weighted by molar-refractivity contribution is 9.10. The third kappa shape index (κ3) is 4.15. The minimum Gasteiger partial charge on any atom is -0.409 e. The van der Waals surface area contributed by atoms with Crippen molar-refractivity contribution in [1.82, 2.24) is 4.98 Å². The first-order chi connectivity index (χ1) is 10.2. The molecule has 3 N–H and O–H groups in total. The summed E-state index contributed by atoms with van der Waals surface area (Å²) in [7, 11) is 0. The molecule has 0 atom stereocenters. The maximum absolute atomic E-state index is 9.03. The van der Waals surface area contributed by atoms with Gasteiger partial charge in [-0.05, 0) is 45.9 Å². The summed E-state index contributed by atoms with van der Waals surface area (Å²) in [5.41, 5.74) is 6.60. The average molecular weight is 384 g/mol. The summed E-state index contributed by atoms with van der Waals surface area (Å²) >= 11 is 6.51. The lowest BCUT2D eigenvalue weighted by Crippen LogP contribution is -2.15. The van der Waals surface area contributed by atoms with Crippen molar-refractivity contribution in [1.29, 1.82) is 0 Å². The SMILES string of the molecule is CCSc1cccc(Sc2ccc(Br)cn2)c1/C(N)=N/O. The number of thioether (sulfide) groups is 1. The van der Waals surface area contributed by atoms with Crippen molar-refractivity contribution in [3.8, 4) is 0 Å². The van der Waals surface area contributed by atoms with Gasteiger partial charge in [-0.15, -0.1) is 11.8 Å². The number of hydrogen-bond acceptors (Lipinski definition) is 5. The summed E-state index contributed by atoms with van der Waals surface area (Å²) in [6, 6.07) is 9.74. The fourth-order valence-corrected chi connectivity index (χ4v) is 3.78. The molecule has 0 saturated heterocycles. The highest BCUT2D eigenvalue weighted by atomic mass is 79.9. The summed E-state index contributed by atoms with van der Waals surface area (Å²) in [6.45, 7) is 2.07. The molecule has 0 unspecified atom stereocenters. The molecule has 0 aliphatic rings. The van der Waals surface area contributed by atoms with E-state index in [1.165, 1.54) is 11.8 Å². The molecule has 4 nitrogen and oxygen atoms in total. The zero-order valence-electron chi connectivity index (χ0n) is 11.3. The normalized spacial score (nSPS) is 11.6. The van der Waals surface area contributed by atoms with Crippen LogP contribution in [-0.2, 0) is 0 Å². The van der Waals surface area contributed by atoms with Crippen molar-refractivity contribution < 1.29 is 5.21 Å². The van der Waals surface area contributed by atoms with E-state index in [0.717, 1.165) is 30.6 Å². The van der Waals surface area contributed by atoms with Gasteiger partial charge in [-0.3, -0.25) is 0 Å². The molecule has 0 aliphatic carbocycles. The van der Waals surface area contributed by atoms with Crippen molar-refractivity contribution in [2.75, 3.05) is 5.75 Å². The quantitative estimate of drug-likeness (QED) is 0.266. The number of hydrogen-bond donors (Lipinski definition) is 2. The molecule has 1 aromatic heterocycles. The van der Waals surface area contributed by atoms with Gasteiger partial charge < -0.3 is 10.9 Å². The number of halogens is 1. The van der Waals surface area contributed by atoms with Gasteiger partial charge in [0.15, 0.2) is 5.84 Å². The van der Waals surface area contributed by atoms with Crippen molar-refractivity contribution in [2.45, 2.75) is 21.7 Å². The standard InChI is InChI=1S/C14H14BrN3OS2/c1-2-20-10-4-3-5-11(13(10)14(16)18-19)21-12-7-6-9(15)8-17-12/h3-8,19H,2H2,1H3,(H2,16,18). The van der Waals surface area contributed by atoms with Crippen LogP contribution in [0, 0.1) is 0 Å². The molecule has 0 fully saturated rings. The number of nitrogens with zero attached hydrogens (tertiary/aromatic N) is 2. The molecule has 2 aromatic rings. The smallest absolute Gasteiger partial charge is 0.172 e. The second-order valence-corrected chi connectivity index (χ2v) is 7.25. The Labute approximate surface area is 140 Å². The van der Waals surface area contributed by atoms with Gasteiger partial charge in [0.1, 0.15) is 5.03 Å². The van der Waals surface area contributed by atoms with Gasteiger partial charge in [-0.1, -0.05) is 29.9 Å². The van der Waals surface area contributed by atoms with Crippen LogP contribution >= 0.6 is 39.5 Å². The highest BCUT2D eigenvalue weighted by Gasteiger charge is 2.14. The second-order valence-electron chi connectivity index (χ2n) is 3.96. The minimum absolute atomic E-state index is 0.117. The highest BCUT2D eigenvalue weighted by Crippen LogP contribution is 2.34. The lowest BCUT2D eigenvalue weighted by molar-refractivity contribution is 0.318. The first-order valence-electron chi connectivity index (χ1n) is 6.18. The minimum atomic E-state index is 0.117. The number of amidine groups is 1. The van der Waals surface area contributed by atoms with E-state index >= 15 is 0 Å². The monoisotopic (exact) mass is 383 g/mol. The topological polar surface area (TPSA) is 71.5 Å². The number of oxime groups is 1. The number of benzene rings is 1. The average Bonchev–Trinajstić information content (AvgIpc) is 2.49. The van der Waals surface area contributed by atoms with E-state index in [1.807, 2.05) is 30.3 Å². The Hall–Kier alpha value is -1.18. The molecular formula is C14H14BrN3OS2. The van der Waals surface area contributed by atoms with E-state index in [0.29, 0.717) is 0 Å². The van der Waals surface area contributed by atoms with Crippen molar-refractivity contribution in [3.63, 3.8) is 0 Å². The lowest BCUT2D eigenvalue weighted by Gasteiger charge is -2.12. The zero-order valence-corrected chi connectivity index (χ0v) is 14.5. The predicted molar refractivity (Wildman–Crippen MR) is 91.4 cm³/mol. The van der Waals surface area contributed by atoms with Crippen LogP contribution in [0.5, 0.6) is 0 Å². The van der Waals surface area contributed by atoms with E-state index in [-0.39, 0.29) is 5.84 Å². The van der Waals surface area contributed by atoms with Gasteiger partial charge in [0, 0.05) is 26.0 Å². The molecule has 21 heavy (non-hydrogen) atoms. The molecule has 0 radical (unpaired) electrons. The van der Waals surface area contributed by atoms with Gasteiger partial charge in [-0.25, -0.2) is 4.98 Å². The van der Waals surface area contributed by atoms with Crippen LogP contribution in [0.25, 0.3) is 0 Å². The summed E-state index contributed by atoms with van der Waals surface area (Å²) in [6.07, 6.45) is 1.75. The lowest BCUT2D eigenvalue weighted by atomic mass is 10.2. The third-order valence-electron chi connectivity index (χ3n) is 2.57. The van der Waals surface area contributed by atoms with Crippen molar-refractivity contribution in [2.24, 2.45) is 10.9 Å². The van der Waals surface area contributed by atoms with Crippen molar-refractivity contribution in [3.05, 3.63) is 46.6 Å². The fraction of sp³-hybridized carbons (Fsp3) is 0.143. The Morgan fingerprint density at radius 2 is 2.10 bits per heavy atom. The Kier molecular flexibility index (Phi) is 5.96. The van der Waals surface area contributed by atoms with Crippen LogP contribution in [0.4, 0.5) is 0 Å². The fourth-order valence-electron chi connectivity index (χ4n) is 1.71. The van der Waals surface area contributed by atoms with Crippen LogP contribution in [0.2, 0.25) is 0 Å². The van der Waals surface area contributed by atoms with Gasteiger partial charge in [0.05, 0.1) is 0 Å². The maximum atomic E-state index is 9.03. The molecule has 1 aromatic carbocycles. The first-order valence-corrected chi connectivity index (χ1v) is 8.78. The van der Waals surface area contributed by atoms with E-state index in [4.69, 9.17) is 10.9 Å². The zero-order chi connectivity index (χ0) is 15.2. The Morgan fingerprint density at radius 3 is 2.71 bits per heavy atom. The molecule has 0 bridgehead atoms. The van der Waals surface area contributed by atoms with Crippen LogP contribution in [-0.4, -0.2) is 21.8 Å². The number of nitrogens with two attached hydrogens (primary N) is 1. The van der Waals surface area contributed by atoms with Crippen LogP contribution < -0.4 is 5.73 Å². The molecule has 7 heteroatoms. The predicted octanol–water partition coefficient (Wildman–Crippen LogP) is 4.20. The molecule has 0 amide bonds. The second kappa shape index (κ2) is 7.72. The Morgan fingerprint density at radius 1 is 1.33 bits per heavy atom. The maximum Gasteiger partial charge on any atom is 0.172 e. The largest absolute Gasteiger partial charge is 0.409 e. The molecule has 110 valence electrons. The van der Waals surface area contributed by atoms with Crippen LogP contribution in [0.1, 0.15) is 12.5 Å². The first kappa shape index (κ1) is 16.2. The van der Waals surface area contributed by atoms with Gasteiger partial charge in [0.25, 0.3) is 0 Å². The van der Waals surface area contributed by atoms with Gasteiger partial charge in [0.2, 0.25) is 0 Å². The Balaban J connectivity index is 2.42. The van der Waals surface area contributed by atoms with E-state index in [1.54, 1.807) is 18.0 Å². The molecule has 0 aliphatic heterocycles. The molecule has 0 saturated carbocycles. The van der Waals surface area contributed by atoms with Crippen molar-refractivity contribution >= 4 is 45.3 Å². The van der Waals surface area contributed by atoms with Gasteiger partial charge in [-0.2, -0.15) is 0 Å². The molecule has 1 heterocycles. The summed E-state index contributed by atoms with van der Waals surface area (Å²) in [4.78, 5) is 6.25. The molecule has 2 rings (SSSR count). The summed E-state index contributed by atoms with van der Waals surface area (Å²) in [5, 5.41) is 13.0. The van der Waals surface area contributed by atoms with E-state index in [9.17, 15) is 0 Å². The number of aromatic nitrogens is 1. The van der Waals surface area contributed by atoms with E-state index in [2.05, 4.69) is 33.0 Å². The molecular weight excluding hydrogens is 370 g/mol. The van der Waals surface area contributed by atoms with E-state index < -0.39 is 0 Å². The summed E-state index contributed by atoms with van der Waals surface area (Å²) in [5.74, 6) is 1.03. The third-order valence-corrected chi connectivity index (χ3v) is 4.99. The van der Waals surface area contributed by atoms with Gasteiger partial charge >= 0.3 is 0 Å². The molecule has 0 spiro atoms. The number of rotatable bonds is 5. The Bertz CT molecular complexity index is 647. The van der Waals surface area contributed by atoms with Crippen LogP contribution in [0.3, 0.4) is 0 Å². The van der Waals surface area contributed by atoms with Crippen LogP contribution in [0.15, 0.2) is 61.0 Å². The number of pyridine rings is 1.